The van der Waals surface area contributed by atoms with Crippen LogP contribution in [0.1, 0.15) is 36.2 Å². The monoisotopic (exact) mass is 302 g/mol. The van der Waals surface area contributed by atoms with Gasteiger partial charge in [0.2, 0.25) is 0 Å². The van der Waals surface area contributed by atoms with E-state index in [1.807, 2.05) is 0 Å². The Labute approximate surface area is 128 Å². The average molecular weight is 302 g/mol. The van der Waals surface area contributed by atoms with Gasteiger partial charge in [0.25, 0.3) is 5.91 Å². The summed E-state index contributed by atoms with van der Waals surface area (Å²) in [5.41, 5.74) is 0.332. The Morgan fingerprint density at radius 2 is 2.05 bits per heavy atom. The van der Waals surface area contributed by atoms with Crippen molar-refractivity contribution in [3.8, 4) is 5.82 Å². The smallest absolute Gasteiger partial charge is 0.303 e. The van der Waals surface area contributed by atoms with Gasteiger partial charge in [-0.25, -0.2) is 9.67 Å². The van der Waals surface area contributed by atoms with Crippen LogP contribution in [0.4, 0.5) is 0 Å². The summed E-state index contributed by atoms with van der Waals surface area (Å²) in [5.74, 6) is -0.449. The van der Waals surface area contributed by atoms with Crippen molar-refractivity contribution in [1.82, 2.24) is 20.1 Å². The van der Waals surface area contributed by atoms with Gasteiger partial charge in [-0.05, 0) is 31.0 Å². The number of unbranched alkanes of at least 4 members (excludes halogenated alkanes) is 2. The number of amides is 1. The number of carbonyl (C=O) groups is 2. The van der Waals surface area contributed by atoms with Crippen molar-refractivity contribution >= 4 is 11.9 Å². The number of rotatable bonds is 8. The summed E-state index contributed by atoms with van der Waals surface area (Å²) >= 11 is 0. The quantitative estimate of drug-likeness (QED) is 0.722. The average Bonchev–Trinajstić information content (AvgIpc) is 3.05. The molecule has 0 radical (unpaired) electrons. The fourth-order valence-corrected chi connectivity index (χ4v) is 1.95. The van der Waals surface area contributed by atoms with E-state index in [2.05, 4.69) is 15.4 Å². The van der Waals surface area contributed by atoms with Gasteiger partial charge in [0.15, 0.2) is 5.82 Å². The minimum absolute atomic E-state index is 0.168. The minimum Gasteiger partial charge on any atom is -0.481 e. The first-order valence-electron chi connectivity index (χ1n) is 7.14. The molecule has 7 heteroatoms. The molecule has 0 aromatic carbocycles. The van der Waals surface area contributed by atoms with Crippen LogP contribution in [0.5, 0.6) is 0 Å². The Morgan fingerprint density at radius 1 is 1.18 bits per heavy atom. The number of carboxylic acid groups (broad SMARTS) is 1. The van der Waals surface area contributed by atoms with Crippen LogP contribution in [-0.2, 0) is 4.79 Å². The molecule has 2 N–H and O–H groups in total. The number of nitrogens with zero attached hydrogens (tertiary/aromatic N) is 3. The van der Waals surface area contributed by atoms with E-state index in [9.17, 15) is 9.59 Å². The molecule has 0 aliphatic rings. The lowest BCUT2D eigenvalue weighted by Gasteiger charge is -2.06. The molecular formula is C15H18N4O3. The maximum atomic E-state index is 12.0. The maximum absolute atomic E-state index is 12.0. The van der Waals surface area contributed by atoms with E-state index < -0.39 is 5.97 Å². The minimum atomic E-state index is -0.788. The van der Waals surface area contributed by atoms with Crippen LogP contribution in [0.25, 0.3) is 5.82 Å². The van der Waals surface area contributed by atoms with Crippen molar-refractivity contribution in [1.29, 1.82) is 0 Å². The summed E-state index contributed by atoms with van der Waals surface area (Å²) < 4.78 is 1.59. The zero-order valence-corrected chi connectivity index (χ0v) is 12.1. The van der Waals surface area contributed by atoms with Gasteiger partial charge in [-0.2, -0.15) is 5.10 Å². The van der Waals surface area contributed by atoms with Gasteiger partial charge in [0.1, 0.15) is 5.69 Å². The third-order valence-electron chi connectivity index (χ3n) is 3.06. The lowest BCUT2D eigenvalue weighted by molar-refractivity contribution is -0.137. The van der Waals surface area contributed by atoms with E-state index in [4.69, 9.17) is 5.11 Å². The van der Waals surface area contributed by atoms with E-state index in [1.54, 1.807) is 41.3 Å². The van der Waals surface area contributed by atoms with Crippen LogP contribution in [0.2, 0.25) is 0 Å². The molecule has 0 saturated heterocycles. The van der Waals surface area contributed by atoms with Crippen molar-refractivity contribution in [2.45, 2.75) is 25.7 Å². The Hall–Kier alpha value is -2.70. The van der Waals surface area contributed by atoms with Crippen LogP contribution in [-0.4, -0.2) is 38.3 Å². The Kier molecular flexibility index (Phi) is 5.65. The van der Waals surface area contributed by atoms with Gasteiger partial charge in [0, 0.05) is 25.4 Å². The standard InChI is InChI=1S/C15H18N4O3/c20-14(21)8-2-1-3-9-16-15(22)12-6-4-7-13(18-12)19-11-5-10-17-19/h4-7,10-11H,1-3,8-9H2,(H,16,22)(H,20,21). The third-order valence-corrected chi connectivity index (χ3v) is 3.06. The number of aromatic nitrogens is 3. The first kappa shape index (κ1) is 15.7. The number of hydrogen-bond acceptors (Lipinski definition) is 4. The van der Waals surface area contributed by atoms with E-state index in [0.29, 0.717) is 24.5 Å². The van der Waals surface area contributed by atoms with Gasteiger partial charge in [0.05, 0.1) is 0 Å². The van der Waals surface area contributed by atoms with Gasteiger partial charge >= 0.3 is 5.97 Å². The third kappa shape index (κ3) is 4.69. The molecule has 0 saturated carbocycles. The summed E-state index contributed by atoms with van der Waals surface area (Å²) in [5, 5.41) is 15.4. The molecule has 2 heterocycles. The lowest BCUT2D eigenvalue weighted by Crippen LogP contribution is -2.25. The summed E-state index contributed by atoms with van der Waals surface area (Å²) in [6.45, 7) is 0.506. The Bertz CT molecular complexity index is 625. The summed E-state index contributed by atoms with van der Waals surface area (Å²) in [7, 11) is 0. The largest absolute Gasteiger partial charge is 0.481 e. The molecule has 2 rings (SSSR count). The Balaban J connectivity index is 1.80. The number of nitrogens with one attached hydrogen (secondary N) is 1. The molecule has 0 aliphatic carbocycles. The second-order valence-electron chi connectivity index (χ2n) is 4.79. The first-order chi connectivity index (χ1) is 10.7. The van der Waals surface area contributed by atoms with Crippen LogP contribution >= 0.6 is 0 Å². The van der Waals surface area contributed by atoms with Crippen LogP contribution in [0.15, 0.2) is 36.7 Å². The molecule has 7 nitrogen and oxygen atoms in total. The van der Waals surface area contributed by atoms with Crippen molar-refractivity contribution in [2.24, 2.45) is 0 Å². The van der Waals surface area contributed by atoms with Crippen molar-refractivity contribution in [2.75, 3.05) is 6.54 Å². The number of hydrogen-bond donors (Lipinski definition) is 2. The zero-order chi connectivity index (χ0) is 15.8. The number of pyridine rings is 1. The first-order valence-corrected chi connectivity index (χ1v) is 7.14. The van der Waals surface area contributed by atoms with Crippen molar-refractivity contribution in [3.05, 3.63) is 42.4 Å². The van der Waals surface area contributed by atoms with Crippen LogP contribution < -0.4 is 5.32 Å². The summed E-state index contributed by atoms with van der Waals surface area (Å²) in [6, 6.07) is 6.96. The SMILES string of the molecule is O=C(O)CCCCCNC(=O)c1cccc(-n2cccn2)n1. The summed E-state index contributed by atoms with van der Waals surface area (Å²) in [4.78, 5) is 26.6. The van der Waals surface area contributed by atoms with Gasteiger partial charge < -0.3 is 10.4 Å². The second kappa shape index (κ2) is 7.92. The van der Waals surface area contributed by atoms with E-state index in [1.165, 1.54) is 0 Å². The summed E-state index contributed by atoms with van der Waals surface area (Å²) in [6.07, 6.45) is 5.71. The van der Waals surface area contributed by atoms with Crippen LogP contribution in [0.3, 0.4) is 0 Å². The number of carbonyl (C=O) groups excluding carboxylic acids is 1. The highest BCUT2D eigenvalue weighted by Gasteiger charge is 2.08. The molecule has 22 heavy (non-hydrogen) atoms. The molecule has 0 aliphatic heterocycles. The molecule has 0 bridgehead atoms. The van der Waals surface area contributed by atoms with Gasteiger partial charge in [-0.1, -0.05) is 12.5 Å². The van der Waals surface area contributed by atoms with Crippen molar-refractivity contribution < 1.29 is 14.7 Å². The maximum Gasteiger partial charge on any atom is 0.303 e. The Morgan fingerprint density at radius 3 is 2.77 bits per heavy atom. The molecule has 0 fully saturated rings. The van der Waals surface area contributed by atoms with E-state index in [-0.39, 0.29) is 12.3 Å². The molecular weight excluding hydrogens is 284 g/mol. The highest BCUT2D eigenvalue weighted by Crippen LogP contribution is 2.05. The fraction of sp³-hybridized carbons (Fsp3) is 0.333. The normalized spacial score (nSPS) is 10.4. The molecule has 0 spiro atoms. The molecule has 116 valence electrons. The molecule has 0 unspecified atom stereocenters. The zero-order valence-electron chi connectivity index (χ0n) is 12.1. The second-order valence-corrected chi connectivity index (χ2v) is 4.79. The molecule has 2 aromatic heterocycles. The van der Waals surface area contributed by atoms with Gasteiger partial charge in [-0.3, -0.25) is 9.59 Å². The lowest BCUT2D eigenvalue weighted by atomic mass is 10.2. The number of aliphatic carboxylic acids is 1. The molecule has 0 atom stereocenters. The van der Waals surface area contributed by atoms with Gasteiger partial charge in [-0.15, -0.1) is 0 Å². The molecule has 1 amide bonds. The highest BCUT2D eigenvalue weighted by atomic mass is 16.4. The molecule has 2 aromatic rings. The van der Waals surface area contributed by atoms with E-state index in [0.717, 1.165) is 12.8 Å². The highest BCUT2D eigenvalue weighted by molar-refractivity contribution is 5.92. The number of carboxylic acids is 1. The predicted molar refractivity (Wildman–Crippen MR) is 79.8 cm³/mol. The predicted octanol–water partition coefficient (Wildman–Crippen LogP) is 1.64. The van der Waals surface area contributed by atoms with Crippen LogP contribution in [0, 0.1) is 0 Å². The fourth-order valence-electron chi connectivity index (χ4n) is 1.95. The topological polar surface area (TPSA) is 97.1 Å². The van der Waals surface area contributed by atoms with Crippen molar-refractivity contribution in [3.63, 3.8) is 0 Å². The van der Waals surface area contributed by atoms with E-state index >= 15 is 0 Å².